The van der Waals surface area contributed by atoms with E-state index >= 15 is 0 Å². The molecular formula is C60H42N2Si. The van der Waals surface area contributed by atoms with Crippen LogP contribution in [0, 0.1) is 0 Å². The Morgan fingerprint density at radius 3 is 1.33 bits per heavy atom. The summed E-state index contributed by atoms with van der Waals surface area (Å²) in [5.41, 5.74) is 11.9. The van der Waals surface area contributed by atoms with E-state index in [2.05, 4.69) is 264 Å². The van der Waals surface area contributed by atoms with Crippen LogP contribution in [0.1, 0.15) is 0 Å². The van der Waals surface area contributed by atoms with Gasteiger partial charge >= 0.3 is 0 Å². The minimum atomic E-state index is -2.94. The van der Waals surface area contributed by atoms with Gasteiger partial charge in [0.1, 0.15) is 0 Å². The minimum absolute atomic E-state index is 1.13. The lowest BCUT2D eigenvalue weighted by Gasteiger charge is -2.35. The van der Waals surface area contributed by atoms with Crippen molar-refractivity contribution in [1.29, 1.82) is 0 Å². The summed E-state index contributed by atoms with van der Waals surface area (Å²) in [6, 6.07) is 94.3. The normalized spacial score (nSPS) is 11.8. The van der Waals surface area contributed by atoms with Gasteiger partial charge in [-0.05, 0) is 67.8 Å². The van der Waals surface area contributed by atoms with Crippen LogP contribution in [0.5, 0.6) is 0 Å². The molecule has 3 heteroatoms. The van der Waals surface area contributed by atoms with Crippen LogP contribution in [-0.4, -0.2) is 17.2 Å². The van der Waals surface area contributed by atoms with Gasteiger partial charge in [0.2, 0.25) is 0 Å². The van der Waals surface area contributed by atoms with Gasteiger partial charge in [0.15, 0.2) is 8.07 Å². The molecule has 0 amide bonds. The first-order chi connectivity index (χ1) is 31.3. The molecule has 0 radical (unpaired) electrons. The lowest BCUT2D eigenvalue weighted by Crippen LogP contribution is -2.75. The average Bonchev–Trinajstić information content (AvgIpc) is 3.89. The lowest BCUT2D eigenvalue weighted by molar-refractivity contribution is 1.16. The van der Waals surface area contributed by atoms with E-state index in [-0.39, 0.29) is 0 Å². The Morgan fingerprint density at radius 2 is 0.714 bits per heavy atom. The van der Waals surface area contributed by atoms with Gasteiger partial charge in [-0.3, -0.25) is 0 Å². The molecule has 0 aliphatic rings. The molecule has 63 heavy (non-hydrogen) atoms. The Hall–Kier alpha value is -7.98. The number of benzene rings is 10. The summed E-state index contributed by atoms with van der Waals surface area (Å²) >= 11 is 0. The molecule has 10 aromatic carbocycles. The van der Waals surface area contributed by atoms with Crippen molar-refractivity contribution in [3.8, 4) is 33.6 Å². The molecule has 0 fully saturated rings. The summed E-state index contributed by atoms with van der Waals surface area (Å²) in [6.07, 6.45) is 0. The Bertz CT molecular complexity index is 3480. The van der Waals surface area contributed by atoms with Crippen molar-refractivity contribution < 1.29 is 0 Å². The molecule has 12 aromatic rings. The lowest BCUT2D eigenvalue weighted by atomic mass is 10.0. The van der Waals surface area contributed by atoms with Gasteiger partial charge in [0.25, 0.3) is 0 Å². The van der Waals surface area contributed by atoms with E-state index in [0.29, 0.717) is 0 Å². The maximum atomic E-state index is 2.56. The molecule has 0 saturated carbocycles. The second-order valence-electron chi connectivity index (χ2n) is 16.4. The van der Waals surface area contributed by atoms with Crippen LogP contribution in [-0.2, 0) is 0 Å². The Kier molecular flexibility index (Phi) is 8.87. The van der Waals surface area contributed by atoms with Gasteiger partial charge in [0.05, 0.1) is 22.1 Å². The summed E-state index contributed by atoms with van der Waals surface area (Å²) in [5.74, 6) is 0. The van der Waals surface area contributed by atoms with Gasteiger partial charge in [-0.25, -0.2) is 0 Å². The van der Waals surface area contributed by atoms with Crippen LogP contribution < -0.4 is 20.7 Å². The third-order valence-corrected chi connectivity index (χ3v) is 17.9. The molecular weight excluding hydrogens is 777 g/mol. The van der Waals surface area contributed by atoms with Crippen LogP contribution >= 0.6 is 0 Å². The zero-order chi connectivity index (χ0) is 41.7. The fourth-order valence-corrected chi connectivity index (χ4v) is 15.3. The number of nitrogens with zero attached hydrogens (tertiary/aromatic N) is 2. The summed E-state index contributed by atoms with van der Waals surface area (Å²) in [5, 5.41) is 10.4. The highest BCUT2D eigenvalue weighted by Crippen LogP contribution is 2.41. The fourth-order valence-electron chi connectivity index (χ4n) is 10.4. The first-order valence-corrected chi connectivity index (χ1v) is 23.8. The van der Waals surface area contributed by atoms with Crippen molar-refractivity contribution in [2.24, 2.45) is 0 Å². The SMILES string of the molecule is c1ccc(-c2ccc(-n3c4cc(-n5c6ccccc6c6cccc([Si](c7ccccc7)(c7ccccc7)c7ccccc7)c65)ccc4c4cccc(-c5ccccc5)c43)cc2)cc1. The largest absolute Gasteiger partial charge is 0.309 e. The number of para-hydroxylation sites is 3. The molecule has 0 bridgehead atoms. The number of rotatable bonds is 8. The molecule has 0 saturated heterocycles. The third-order valence-electron chi connectivity index (χ3n) is 13.1. The molecule has 0 aliphatic carbocycles. The Labute approximate surface area is 368 Å². The molecule has 0 spiro atoms. The molecule has 2 nitrogen and oxygen atoms in total. The van der Waals surface area contributed by atoms with Crippen LogP contribution in [0.2, 0.25) is 0 Å². The van der Waals surface area contributed by atoms with Gasteiger partial charge in [0, 0.05) is 38.5 Å². The van der Waals surface area contributed by atoms with Gasteiger partial charge in [-0.1, -0.05) is 224 Å². The molecule has 0 unspecified atom stereocenters. The molecule has 0 atom stereocenters. The van der Waals surface area contributed by atoms with Crippen LogP contribution in [0.3, 0.4) is 0 Å². The first-order valence-electron chi connectivity index (χ1n) is 21.8. The van der Waals surface area contributed by atoms with Gasteiger partial charge < -0.3 is 9.13 Å². The first kappa shape index (κ1) is 36.8. The highest BCUT2D eigenvalue weighted by atomic mass is 28.3. The average molecular weight is 819 g/mol. The maximum Gasteiger partial charge on any atom is 0.181 e. The molecule has 296 valence electrons. The Balaban J connectivity index is 1.19. The standard InChI is InChI=1S/C60H42N2Si/c1-6-20-43(21-7-1)44-36-38-46(39-37-44)61-57-42-47(40-41-53(57)54-32-18-31-51(59(54)61)45-22-8-2-9-23-45)62-56-34-17-16-30-52(56)55-33-19-35-58(60(55)62)63(48-24-10-3-11-25-48,49-26-12-4-13-27-49)50-28-14-5-15-29-50/h1-42H. The van der Waals surface area contributed by atoms with E-state index in [1.165, 1.54) is 86.6 Å². The van der Waals surface area contributed by atoms with E-state index in [9.17, 15) is 0 Å². The zero-order valence-electron chi connectivity index (χ0n) is 34.6. The van der Waals surface area contributed by atoms with Crippen molar-refractivity contribution in [1.82, 2.24) is 9.13 Å². The fraction of sp³-hybridized carbons (Fsp3) is 0. The van der Waals surface area contributed by atoms with E-state index < -0.39 is 8.07 Å². The number of aromatic nitrogens is 2. The predicted molar refractivity (Wildman–Crippen MR) is 270 cm³/mol. The van der Waals surface area contributed by atoms with Crippen molar-refractivity contribution in [3.63, 3.8) is 0 Å². The maximum absolute atomic E-state index is 2.94. The van der Waals surface area contributed by atoms with Crippen LogP contribution in [0.15, 0.2) is 255 Å². The molecule has 0 N–H and O–H groups in total. The minimum Gasteiger partial charge on any atom is -0.309 e. The summed E-state index contributed by atoms with van der Waals surface area (Å²) in [4.78, 5) is 0. The Morgan fingerprint density at radius 1 is 0.270 bits per heavy atom. The second kappa shape index (κ2) is 15.2. The van der Waals surface area contributed by atoms with E-state index in [1.54, 1.807) is 0 Å². The summed E-state index contributed by atoms with van der Waals surface area (Å²) in [7, 11) is -2.94. The highest BCUT2D eigenvalue weighted by molar-refractivity contribution is 7.20. The quantitative estimate of drug-likeness (QED) is 0.107. The second-order valence-corrected chi connectivity index (χ2v) is 20.2. The van der Waals surface area contributed by atoms with Crippen molar-refractivity contribution in [2.45, 2.75) is 0 Å². The number of hydrogen-bond donors (Lipinski definition) is 0. The van der Waals surface area contributed by atoms with E-state index in [0.717, 1.165) is 11.4 Å². The van der Waals surface area contributed by atoms with Crippen molar-refractivity contribution in [3.05, 3.63) is 255 Å². The van der Waals surface area contributed by atoms with Gasteiger partial charge in [-0.2, -0.15) is 0 Å². The third kappa shape index (κ3) is 5.85. The van der Waals surface area contributed by atoms with Crippen molar-refractivity contribution in [2.75, 3.05) is 0 Å². The smallest absolute Gasteiger partial charge is 0.181 e. The van der Waals surface area contributed by atoms with Gasteiger partial charge in [-0.15, -0.1) is 0 Å². The van der Waals surface area contributed by atoms with E-state index in [4.69, 9.17) is 0 Å². The molecule has 12 rings (SSSR count). The van der Waals surface area contributed by atoms with Crippen molar-refractivity contribution >= 4 is 72.4 Å². The summed E-state index contributed by atoms with van der Waals surface area (Å²) < 4.78 is 5.06. The summed E-state index contributed by atoms with van der Waals surface area (Å²) in [6.45, 7) is 0. The number of fused-ring (bicyclic) bond motifs is 6. The monoisotopic (exact) mass is 818 g/mol. The zero-order valence-corrected chi connectivity index (χ0v) is 35.6. The molecule has 2 heterocycles. The predicted octanol–water partition coefficient (Wildman–Crippen LogP) is 12.6. The highest BCUT2D eigenvalue weighted by Gasteiger charge is 2.43. The van der Waals surface area contributed by atoms with Crippen LogP contribution in [0.4, 0.5) is 0 Å². The number of hydrogen-bond acceptors (Lipinski definition) is 0. The topological polar surface area (TPSA) is 9.86 Å². The van der Waals surface area contributed by atoms with Crippen LogP contribution in [0.25, 0.3) is 77.2 Å². The molecule has 0 aliphatic heterocycles. The molecule has 2 aromatic heterocycles. The van der Waals surface area contributed by atoms with E-state index in [1.807, 2.05) is 0 Å².